The van der Waals surface area contributed by atoms with Crippen molar-refractivity contribution in [2.24, 2.45) is 0 Å². The monoisotopic (exact) mass is 371 g/mol. The Morgan fingerprint density at radius 1 is 1.00 bits per heavy atom. The summed E-state index contributed by atoms with van der Waals surface area (Å²) in [5.41, 5.74) is 0.474. The van der Waals surface area contributed by atoms with Crippen molar-refractivity contribution in [1.29, 1.82) is 0 Å². The Labute approximate surface area is 141 Å². The molecule has 1 rings (SSSR count). The molecule has 1 aromatic rings. The summed E-state index contributed by atoms with van der Waals surface area (Å²) in [6.45, 7) is 1.49. The zero-order valence-electron chi connectivity index (χ0n) is 13.1. The average molecular weight is 372 g/mol. The van der Waals surface area contributed by atoms with Gasteiger partial charge in [0.1, 0.15) is 6.61 Å². The SMILES string of the molecule is O=C(OCCOCCCCCCCCCBr)c1cccnc1. The van der Waals surface area contributed by atoms with Gasteiger partial charge in [-0.3, -0.25) is 4.98 Å². The van der Waals surface area contributed by atoms with Crippen molar-refractivity contribution in [1.82, 2.24) is 4.98 Å². The second kappa shape index (κ2) is 13.7. The molecule has 1 aromatic heterocycles. The fraction of sp³-hybridized carbons (Fsp3) is 0.647. The molecule has 0 fully saturated rings. The van der Waals surface area contributed by atoms with Gasteiger partial charge in [-0.2, -0.15) is 0 Å². The van der Waals surface area contributed by atoms with Crippen molar-refractivity contribution in [3.8, 4) is 0 Å². The third-order valence-corrected chi connectivity index (χ3v) is 3.84. The second-order valence-electron chi connectivity index (χ2n) is 5.15. The molecule has 0 amide bonds. The first-order valence-corrected chi connectivity index (χ1v) is 9.17. The Morgan fingerprint density at radius 2 is 1.73 bits per heavy atom. The third kappa shape index (κ3) is 9.90. The molecule has 0 saturated carbocycles. The van der Waals surface area contributed by atoms with Gasteiger partial charge in [0.25, 0.3) is 0 Å². The van der Waals surface area contributed by atoms with E-state index in [0.717, 1.165) is 18.4 Å². The first kappa shape index (κ1) is 19.1. The molecule has 0 bridgehead atoms. The Bertz CT molecular complexity index is 387. The second-order valence-corrected chi connectivity index (χ2v) is 5.95. The number of unbranched alkanes of at least 4 members (excludes halogenated alkanes) is 6. The van der Waals surface area contributed by atoms with E-state index in [-0.39, 0.29) is 5.97 Å². The molecule has 4 nitrogen and oxygen atoms in total. The maximum Gasteiger partial charge on any atom is 0.339 e. The number of ether oxygens (including phenoxy) is 2. The zero-order chi connectivity index (χ0) is 15.9. The van der Waals surface area contributed by atoms with Crippen LogP contribution in [0, 0.1) is 0 Å². The molecule has 22 heavy (non-hydrogen) atoms. The van der Waals surface area contributed by atoms with Gasteiger partial charge in [-0.05, 0) is 25.0 Å². The lowest BCUT2D eigenvalue weighted by Crippen LogP contribution is -2.11. The largest absolute Gasteiger partial charge is 0.460 e. The number of aromatic nitrogens is 1. The maximum absolute atomic E-state index is 11.6. The number of esters is 1. The molecular formula is C17H26BrNO3. The summed E-state index contributed by atoms with van der Waals surface area (Å²) in [6.07, 6.45) is 11.9. The number of pyridine rings is 1. The van der Waals surface area contributed by atoms with Crippen LogP contribution in [0.5, 0.6) is 0 Å². The highest BCUT2D eigenvalue weighted by molar-refractivity contribution is 9.09. The lowest BCUT2D eigenvalue weighted by molar-refractivity contribution is 0.0312. The number of nitrogens with zero attached hydrogens (tertiary/aromatic N) is 1. The Kier molecular flexibility index (Phi) is 11.9. The lowest BCUT2D eigenvalue weighted by atomic mass is 10.1. The van der Waals surface area contributed by atoms with E-state index in [2.05, 4.69) is 20.9 Å². The van der Waals surface area contributed by atoms with E-state index in [1.165, 1.54) is 44.7 Å². The number of hydrogen-bond acceptors (Lipinski definition) is 4. The summed E-state index contributed by atoms with van der Waals surface area (Å²) in [5, 5.41) is 1.12. The number of halogens is 1. The predicted octanol–water partition coefficient (Wildman–Crippen LogP) is 4.38. The summed E-state index contributed by atoms with van der Waals surface area (Å²) >= 11 is 3.44. The van der Waals surface area contributed by atoms with E-state index in [1.807, 2.05) is 0 Å². The topological polar surface area (TPSA) is 48.4 Å². The number of hydrogen-bond donors (Lipinski definition) is 0. The fourth-order valence-electron chi connectivity index (χ4n) is 2.04. The van der Waals surface area contributed by atoms with Crippen LogP contribution in [0.4, 0.5) is 0 Å². The highest BCUT2D eigenvalue weighted by atomic mass is 79.9. The number of carbonyl (C=O) groups excluding carboxylic acids is 1. The third-order valence-electron chi connectivity index (χ3n) is 3.28. The highest BCUT2D eigenvalue weighted by Crippen LogP contribution is 2.08. The van der Waals surface area contributed by atoms with Gasteiger partial charge in [0.15, 0.2) is 0 Å². The average Bonchev–Trinajstić information content (AvgIpc) is 2.56. The van der Waals surface area contributed by atoms with Crippen molar-refractivity contribution in [3.05, 3.63) is 30.1 Å². The molecule has 5 heteroatoms. The highest BCUT2D eigenvalue weighted by Gasteiger charge is 2.05. The Hall–Kier alpha value is -0.940. The molecule has 0 radical (unpaired) electrons. The number of rotatable bonds is 13. The van der Waals surface area contributed by atoms with Crippen LogP contribution < -0.4 is 0 Å². The normalized spacial score (nSPS) is 10.6. The summed E-state index contributed by atoms with van der Waals surface area (Å²) < 4.78 is 10.6. The molecule has 0 aliphatic carbocycles. The molecule has 124 valence electrons. The Balaban J connectivity index is 1.85. The summed E-state index contributed by atoms with van der Waals surface area (Å²) in [6, 6.07) is 3.40. The molecule has 0 unspecified atom stereocenters. The van der Waals surface area contributed by atoms with Crippen molar-refractivity contribution in [2.75, 3.05) is 25.2 Å². The van der Waals surface area contributed by atoms with Crippen LogP contribution in [-0.4, -0.2) is 36.1 Å². The molecule has 1 heterocycles. The van der Waals surface area contributed by atoms with Crippen LogP contribution in [-0.2, 0) is 9.47 Å². The van der Waals surface area contributed by atoms with Gasteiger partial charge >= 0.3 is 5.97 Å². The van der Waals surface area contributed by atoms with Crippen LogP contribution in [0.15, 0.2) is 24.5 Å². The number of carbonyl (C=O) groups is 1. The minimum absolute atomic E-state index is 0.292. The van der Waals surface area contributed by atoms with E-state index < -0.39 is 0 Å². The van der Waals surface area contributed by atoms with Crippen molar-refractivity contribution < 1.29 is 14.3 Å². The summed E-state index contributed by atoms with van der Waals surface area (Å²) in [7, 11) is 0. The van der Waals surface area contributed by atoms with Gasteiger partial charge in [0.05, 0.1) is 12.2 Å². The van der Waals surface area contributed by atoms with Crippen LogP contribution in [0.1, 0.15) is 55.3 Å². The van der Waals surface area contributed by atoms with Gasteiger partial charge < -0.3 is 9.47 Å². The lowest BCUT2D eigenvalue weighted by Gasteiger charge is -2.06. The molecular weight excluding hydrogens is 346 g/mol. The predicted molar refractivity (Wildman–Crippen MR) is 91.5 cm³/mol. The smallest absolute Gasteiger partial charge is 0.339 e. The van der Waals surface area contributed by atoms with Crippen LogP contribution in [0.2, 0.25) is 0 Å². The molecule has 0 atom stereocenters. The van der Waals surface area contributed by atoms with E-state index in [0.29, 0.717) is 18.8 Å². The first-order chi connectivity index (χ1) is 10.8. The maximum atomic E-state index is 11.6. The van der Waals surface area contributed by atoms with Gasteiger partial charge in [-0.25, -0.2) is 4.79 Å². The standard InChI is InChI=1S/C17H26BrNO3/c18-10-6-4-2-1-3-5-7-12-21-13-14-22-17(20)16-9-8-11-19-15-16/h8-9,11,15H,1-7,10,12-14H2. The summed E-state index contributed by atoms with van der Waals surface area (Å²) in [5.74, 6) is -0.347. The van der Waals surface area contributed by atoms with E-state index in [4.69, 9.17) is 9.47 Å². The van der Waals surface area contributed by atoms with E-state index >= 15 is 0 Å². The Morgan fingerprint density at radius 3 is 2.41 bits per heavy atom. The van der Waals surface area contributed by atoms with Gasteiger partial charge in [-0.15, -0.1) is 0 Å². The molecule has 0 aromatic carbocycles. The van der Waals surface area contributed by atoms with Crippen molar-refractivity contribution in [3.63, 3.8) is 0 Å². The molecule has 0 spiro atoms. The minimum Gasteiger partial charge on any atom is -0.460 e. The zero-order valence-corrected chi connectivity index (χ0v) is 14.7. The fourth-order valence-corrected chi connectivity index (χ4v) is 2.44. The van der Waals surface area contributed by atoms with E-state index in [1.54, 1.807) is 18.3 Å². The van der Waals surface area contributed by atoms with Crippen molar-refractivity contribution >= 4 is 21.9 Å². The van der Waals surface area contributed by atoms with Crippen molar-refractivity contribution in [2.45, 2.75) is 44.9 Å². The molecule has 0 saturated heterocycles. The van der Waals surface area contributed by atoms with E-state index in [9.17, 15) is 4.79 Å². The molecule has 0 aliphatic rings. The summed E-state index contributed by atoms with van der Waals surface area (Å²) in [4.78, 5) is 15.5. The minimum atomic E-state index is -0.347. The molecule has 0 aliphatic heterocycles. The van der Waals surface area contributed by atoms with Crippen LogP contribution in [0.3, 0.4) is 0 Å². The van der Waals surface area contributed by atoms with Gasteiger partial charge in [0, 0.05) is 24.3 Å². The number of alkyl halides is 1. The quantitative estimate of drug-likeness (QED) is 0.293. The first-order valence-electron chi connectivity index (χ1n) is 8.05. The van der Waals surface area contributed by atoms with Gasteiger partial charge in [-0.1, -0.05) is 48.0 Å². The van der Waals surface area contributed by atoms with Crippen LogP contribution >= 0.6 is 15.9 Å². The van der Waals surface area contributed by atoms with Gasteiger partial charge in [0.2, 0.25) is 0 Å². The molecule has 0 N–H and O–H groups in total. The van der Waals surface area contributed by atoms with Crippen LogP contribution in [0.25, 0.3) is 0 Å².